The molecule has 0 unspecified atom stereocenters. The van der Waals surface area contributed by atoms with E-state index in [-0.39, 0.29) is 11.6 Å². The Morgan fingerprint density at radius 2 is 1.93 bits per heavy atom. The van der Waals surface area contributed by atoms with E-state index < -0.39 is 11.4 Å². The number of hydrogen-bond donors (Lipinski definition) is 3. The van der Waals surface area contributed by atoms with Gasteiger partial charge in [0.2, 0.25) is 0 Å². The number of amidine groups is 1. The molecule has 0 radical (unpaired) electrons. The Morgan fingerprint density at radius 1 is 1.50 bits per heavy atom. The fraction of sp³-hybridized carbons (Fsp3) is 0.556. The molecule has 0 aliphatic carbocycles. The van der Waals surface area contributed by atoms with Gasteiger partial charge in [0.15, 0.2) is 0 Å². The van der Waals surface area contributed by atoms with Crippen LogP contribution < -0.4 is 5.73 Å². The molecule has 0 atom stereocenters. The van der Waals surface area contributed by atoms with Crippen LogP contribution in [0.2, 0.25) is 0 Å². The van der Waals surface area contributed by atoms with Crippen LogP contribution in [0.4, 0.5) is 4.79 Å². The lowest BCUT2D eigenvalue weighted by Crippen LogP contribution is -2.36. The summed E-state index contributed by atoms with van der Waals surface area (Å²) in [6.45, 7) is 5.41. The number of hydrogen-bond acceptors (Lipinski definition) is 3. The molecule has 0 fully saturated rings. The first-order valence-electron chi connectivity index (χ1n) is 4.19. The minimum atomic E-state index is -0.729. The largest absolute Gasteiger partial charge is 0.512 e. The number of likely N-dealkylation sites (N-methyl/N-ethyl adjacent to an activating group) is 1. The van der Waals surface area contributed by atoms with E-state index in [1.807, 2.05) is 0 Å². The molecule has 0 saturated heterocycles. The van der Waals surface area contributed by atoms with E-state index in [0.717, 1.165) is 4.90 Å². The molecule has 2 amide bonds. The van der Waals surface area contributed by atoms with Crippen molar-refractivity contribution in [3.05, 3.63) is 11.8 Å². The third kappa shape index (κ3) is 3.47. The number of rotatable bonds is 1. The van der Waals surface area contributed by atoms with Crippen LogP contribution in [0.5, 0.6) is 0 Å². The SMILES string of the molecule is CN(C(=N)/C=C(\O)C(C)(C)C)C(N)=O. The highest BCUT2D eigenvalue weighted by atomic mass is 16.3. The van der Waals surface area contributed by atoms with E-state index in [4.69, 9.17) is 11.1 Å². The Hall–Kier alpha value is -1.52. The number of carbonyl (C=O) groups excluding carboxylic acids is 1. The first kappa shape index (κ1) is 12.5. The van der Waals surface area contributed by atoms with Crippen LogP contribution >= 0.6 is 0 Å². The lowest BCUT2D eigenvalue weighted by atomic mass is 9.93. The van der Waals surface area contributed by atoms with Gasteiger partial charge in [-0.1, -0.05) is 20.8 Å². The van der Waals surface area contributed by atoms with E-state index in [9.17, 15) is 9.90 Å². The maximum absolute atomic E-state index is 10.7. The summed E-state index contributed by atoms with van der Waals surface area (Å²) in [5.41, 5.74) is 4.52. The summed E-state index contributed by atoms with van der Waals surface area (Å²) < 4.78 is 0. The minimum Gasteiger partial charge on any atom is -0.512 e. The molecule has 5 nitrogen and oxygen atoms in total. The Labute approximate surface area is 83.7 Å². The first-order chi connectivity index (χ1) is 6.16. The number of carbonyl (C=O) groups is 1. The highest BCUT2D eigenvalue weighted by molar-refractivity contribution is 6.01. The van der Waals surface area contributed by atoms with E-state index in [2.05, 4.69) is 0 Å². The fourth-order valence-corrected chi connectivity index (χ4v) is 0.562. The van der Waals surface area contributed by atoms with Crippen LogP contribution in [0.25, 0.3) is 0 Å². The van der Waals surface area contributed by atoms with Crippen molar-refractivity contribution in [2.45, 2.75) is 20.8 Å². The summed E-state index contributed by atoms with van der Waals surface area (Å²) in [5.74, 6) is -0.0967. The van der Waals surface area contributed by atoms with Gasteiger partial charge in [0.1, 0.15) is 11.6 Å². The number of nitrogens with two attached hydrogens (primary N) is 1. The highest BCUT2D eigenvalue weighted by Crippen LogP contribution is 2.22. The maximum Gasteiger partial charge on any atom is 0.320 e. The van der Waals surface area contributed by atoms with Gasteiger partial charge in [-0.05, 0) is 0 Å². The summed E-state index contributed by atoms with van der Waals surface area (Å²) in [5, 5.41) is 17.0. The Kier molecular flexibility index (Phi) is 3.68. The van der Waals surface area contributed by atoms with Crippen molar-refractivity contribution in [3.63, 3.8) is 0 Å². The Morgan fingerprint density at radius 3 is 2.21 bits per heavy atom. The average molecular weight is 199 g/mol. The van der Waals surface area contributed by atoms with Crippen molar-refractivity contribution in [1.29, 1.82) is 5.41 Å². The molecule has 0 aromatic heterocycles. The molecular weight excluding hydrogens is 182 g/mol. The second-order valence-corrected chi connectivity index (χ2v) is 4.06. The lowest BCUT2D eigenvalue weighted by molar-refractivity contribution is 0.235. The van der Waals surface area contributed by atoms with Crippen LogP contribution in [-0.2, 0) is 0 Å². The monoisotopic (exact) mass is 199 g/mol. The molecule has 0 saturated carbocycles. The number of primary amides is 1. The predicted molar refractivity (Wildman–Crippen MR) is 55.2 cm³/mol. The van der Waals surface area contributed by atoms with Crippen LogP contribution in [0.3, 0.4) is 0 Å². The second-order valence-electron chi connectivity index (χ2n) is 4.06. The average Bonchev–Trinajstić information content (AvgIpc) is 2.00. The van der Waals surface area contributed by atoms with E-state index >= 15 is 0 Å². The predicted octanol–water partition coefficient (Wildman–Crippen LogP) is 1.46. The molecule has 0 aromatic carbocycles. The van der Waals surface area contributed by atoms with Crippen molar-refractivity contribution in [2.24, 2.45) is 11.1 Å². The van der Waals surface area contributed by atoms with Crippen molar-refractivity contribution in [3.8, 4) is 0 Å². The van der Waals surface area contributed by atoms with E-state index in [1.54, 1.807) is 20.8 Å². The molecule has 80 valence electrons. The van der Waals surface area contributed by atoms with Gasteiger partial charge in [0, 0.05) is 18.5 Å². The number of amides is 2. The van der Waals surface area contributed by atoms with Crippen molar-refractivity contribution >= 4 is 11.9 Å². The van der Waals surface area contributed by atoms with Crippen LogP contribution in [0.1, 0.15) is 20.8 Å². The maximum atomic E-state index is 10.7. The van der Waals surface area contributed by atoms with Gasteiger partial charge >= 0.3 is 6.03 Å². The Bertz CT molecular complexity index is 276. The number of nitrogens with one attached hydrogen (secondary N) is 1. The molecule has 0 bridgehead atoms. The summed E-state index contributed by atoms with van der Waals surface area (Å²) >= 11 is 0. The lowest BCUT2D eigenvalue weighted by Gasteiger charge is -2.19. The third-order valence-electron chi connectivity index (χ3n) is 1.73. The van der Waals surface area contributed by atoms with Gasteiger partial charge in [-0.3, -0.25) is 10.3 Å². The van der Waals surface area contributed by atoms with E-state index in [0.29, 0.717) is 0 Å². The molecule has 4 N–H and O–H groups in total. The molecule has 0 rings (SSSR count). The smallest absolute Gasteiger partial charge is 0.320 e. The molecular formula is C9H17N3O2. The molecule has 0 aliphatic rings. The summed E-state index contributed by atoms with van der Waals surface area (Å²) in [6, 6.07) is -0.729. The zero-order valence-electron chi connectivity index (χ0n) is 8.96. The summed E-state index contributed by atoms with van der Waals surface area (Å²) in [4.78, 5) is 11.6. The van der Waals surface area contributed by atoms with Gasteiger partial charge in [0.05, 0.1) is 0 Å². The highest BCUT2D eigenvalue weighted by Gasteiger charge is 2.18. The normalized spacial score (nSPS) is 12.4. The van der Waals surface area contributed by atoms with Gasteiger partial charge < -0.3 is 10.8 Å². The quantitative estimate of drug-likeness (QED) is 0.339. The zero-order valence-corrected chi connectivity index (χ0v) is 8.96. The Balaban J connectivity index is 4.68. The van der Waals surface area contributed by atoms with Gasteiger partial charge in [-0.15, -0.1) is 0 Å². The molecule has 0 spiro atoms. The molecule has 14 heavy (non-hydrogen) atoms. The standard InChI is InChI=1S/C9H17N3O2/c1-9(2,3)6(13)5-7(10)12(4)8(11)14/h5,10,13H,1-4H3,(H2,11,14)/b6-5-,10-7?. The number of urea groups is 1. The first-order valence-corrected chi connectivity index (χ1v) is 4.19. The van der Waals surface area contributed by atoms with Gasteiger partial charge in [-0.25, -0.2) is 4.79 Å². The fourth-order valence-electron chi connectivity index (χ4n) is 0.562. The van der Waals surface area contributed by atoms with Crippen molar-refractivity contribution in [2.75, 3.05) is 7.05 Å². The minimum absolute atomic E-state index is 0.0376. The number of nitrogens with zero attached hydrogens (tertiary/aromatic N) is 1. The van der Waals surface area contributed by atoms with Gasteiger partial charge in [0.25, 0.3) is 0 Å². The molecule has 0 heterocycles. The number of aliphatic hydroxyl groups is 1. The molecule has 5 heteroatoms. The van der Waals surface area contributed by atoms with E-state index in [1.165, 1.54) is 13.1 Å². The van der Waals surface area contributed by atoms with Crippen molar-refractivity contribution < 1.29 is 9.90 Å². The second kappa shape index (κ2) is 4.13. The molecule has 0 aromatic rings. The van der Waals surface area contributed by atoms with Crippen LogP contribution in [0.15, 0.2) is 11.8 Å². The third-order valence-corrected chi connectivity index (χ3v) is 1.73. The number of allylic oxidation sites excluding steroid dienone is 1. The number of aliphatic hydroxyl groups excluding tert-OH is 1. The van der Waals surface area contributed by atoms with Crippen molar-refractivity contribution in [1.82, 2.24) is 4.90 Å². The van der Waals surface area contributed by atoms with Crippen LogP contribution in [0, 0.1) is 10.8 Å². The summed E-state index contributed by atoms with van der Waals surface area (Å²) in [6.07, 6.45) is 1.21. The summed E-state index contributed by atoms with van der Waals surface area (Å²) in [7, 11) is 1.37. The van der Waals surface area contributed by atoms with Gasteiger partial charge in [-0.2, -0.15) is 0 Å². The topological polar surface area (TPSA) is 90.4 Å². The zero-order chi connectivity index (χ0) is 11.5. The molecule has 0 aliphatic heterocycles. The van der Waals surface area contributed by atoms with Crippen LogP contribution in [-0.4, -0.2) is 28.9 Å².